The summed E-state index contributed by atoms with van der Waals surface area (Å²) in [6, 6.07) is 8.65. The molecule has 0 radical (unpaired) electrons. The summed E-state index contributed by atoms with van der Waals surface area (Å²) in [6.07, 6.45) is 0. The molecule has 7 heteroatoms. The van der Waals surface area contributed by atoms with Gasteiger partial charge in [-0.05, 0) is 38.1 Å². The number of amides is 1. The van der Waals surface area contributed by atoms with E-state index < -0.39 is 0 Å². The van der Waals surface area contributed by atoms with Crippen LogP contribution in [0, 0.1) is 5.92 Å². The summed E-state index contributed by atoms with van der Waals surface area (Å²) in [6.45, 7) is 11.6. The number of anilines is 1. The highest BCUT2D eigenvalue weighted by Gasteiger charge is 2.20. The molecular formula is C18H30Cl2N4O. The van der Waals surface area contributed by atoms with Gasteiger partial charge in [0.1, 0.15) is 0 Å². The Balaban J connectivity index is 0.00000156. The van der Waals surface area contributed by atoms with Gasteiger partial charge in [0.15, 0.2) is 0 Å². The van der Waals surface area contributed by atoms with Crippen LogP contribution in [-0.2, 0) is 0 Å². The lowest BCUT2D eigenvalue weighted by Crippen LogP contribution is -2.49. The van der Waals surface area contributed by atoms with Crippen LogP contribution in [-0.4, -0.2) is 62.7 Å². The minimum atomic E-state index is 0. The zero-order chi connectivity index (χ0) is 16.2. The van der Waals surface area contributed by atoms with E-state index in [2.05, 4.69) is 46.4 Å². The summed E-state index contributed by atoms with van der Waals surface area (Å²) in [5, 5.41) is 6.24. The second kappa shape index (κ2) is 10.2. The molecule has 1 amide bonds. The van der Waals surface area contributed by atoms with E-state index in [-0.39, 0.29) is 30.7 Å². The van der Waals surface area contributed by atoms with E-state index in [0.29, 0.717) is 12.0 Å². The molecule has 2 aliphatic rings. The standard InChI is InChI=1S/C18H28N4O.2ClH/c1-14(2)21-7-9-22(10-8-21)17-5-3-16(4-6-17)18(23)20-13-15-11-19-12-15;;/h3-6,14-15,19H,7-13H2,1-2H3,(H,20,23);2*1H. The number of hydrogen-bond donors (Lipinski definition) is 2. The number of hydrogen-bond acceptors (Lipinski definition) is 4. The lowest BCUT2D eigenvalue weighted by Gasteiger charge is -2.38. The minimum Gasteiger partial charge on any atom is -0.369 e. The molecule has 2 N–H and O–H groups in total. The van der Waals surface area contributed by atoms with Crippen molar-refractivity contribution in [1.29, 1.82) is 0 Å². The number of carbonyl (C=O) groups excluding carboxylic acids is 1. The Morgan fingerprint density at radius 1 is 1.12 bits per heavy atom. The minimum absolute atomic E-state index is 0. The van der Waals surface area contributed by atoms with Crippen LogP contribution in [0.5, 0.6) is 0 Å². The van der Waals surface area contributed by atoms with Gasteiger partial charge in [-0.2, -0.15) is 0 Å². The van der Waals surface area contributed by atoms with E-state index >= 15 is 0 Å². The van der Waals surface area contributed by atoms with Crippen molar-refractivity contribution in [3.63, 3.8) is 0 Å². The zero-order valence-electron chi connectivity index (χ0n) is 15.0. The molecule has 0 unspecified atom stereocenters. The lowest BCUT2D eigenvalue weighted by atomic mass is 10.0. The molecule has 1 aromatic rings. The van der Waals surface area contributed by atoms with Crippen molar-refractivity contribution in [3.8, 4) is 0 Å². The van der Waals surface area contributed by atoms with E-state index in [1.807, 2.05) is 12.1 Å². The Kier molecular flexibility index (Phi) is 9.00. The summed E-state index contributed by atoms with van der Waals surface area (Å²) >= 11 is 0. The Bertz CT molecular complexity index is 526. The number of carbonyl (C=O) groups is 1. The maximum absolute atomic E-state index is 12.1. The molecule has 1 aromatic carbocycles. The third kappa shape index (κ3) is 5.74. The van der Waals surface area contributed by atoms with Crippen LogP contribution in [0.4, 0.5) is 5.69 Å². The summed E-state index contributed by atoms with van der Waals surface area (Å²) in [4.78, 5) is 17.1. The van der Waals surface area contributed by atoms with Gasteiger partial charge in [0.25, 0.3) is 5.91 Å². The predicted octanol–water partition coefficient (Wildman–Crippen LogP) is 2.01. The Labute approximate surface area is 163 Å². The van der Waals surface area contributed by atoms with E-state index in [1.54, 1.807) is 0 Å². The number of nitrogens with zero attached hydrogens (tertiary/aromatic N) is 2. The normalized spacial score (nSPS) is 18.1. The molecule has 0 aliphatic carbocycles. The first-order chi connectivity index (χ1) is 11.1. The fraction of sp³-hybridized carbons (Fsp3) is 0.611. The van der Waals surface area contributed by atoms with Crippen LogP contribution in [0.25, 0.3) is 0 Å². The van der Waals surface area contributed by atoms with Crippen LogP contribution >= 0.6 is 24.8 Å². The molecule has 0 atom stereocenters. The second-order valence-corrected chi connectivity index (χ2v) is 6.90. The quantitative estimate of drug-likeness (QED) is 0.809. The Morgan fingerprint density at radius 3 is 2.20 bits per heavy atom. The Hall–Kier alpha value is -1.01. The lowest BCUT2D eigenvalue weighted by molar-refractivity contribution is 0.0942. The smallest absolute Gasteiger partial charge is 0.251 e. The van der Waals surface area contributed by atoms with Gasteiger partial charge in [0.2, 0.25) is 0 Å². The molecule has 2 heterocycles. The van der Waals surface area contributed by atoms with Crippen LogP contribution in [0.3, 0.4) is 0 Å². The molecule has 2 aliphatic heterocycles. The molecule has 0 spiro atoms. The molecule has 5 nitrogen and oxygen atoms in total. The van der Waals surface area contributed by atoms with E-state index in [1.165, 1.54) is 5.69 Å². The maximum atomic E-state index is 12.1. The molecule has 0 saturated carbocycles. The molecule has 0 aromatic heterocycles. The van der Waals surface area contributed by atoms with Gasteiger partial charge in [0, 0.05) is 69.0 Å². The van der Waals surface area contributed by atoms with Gasteiger partial charge in [-0.1, -0.05) is 0 Å². The number of piperazine rings is 1. The fourth-order valence-electron chi connectivity index (χ4n) is 3.15. The maximum Gasteiger partial charge on any atom is 0.251 e. The van der Waals surface area contributed by atoms with Gasteiger partial charge in [-0.25, -0.2) is 0 Å². The number of rotatable bonds is 5. The first-order valence-corrected chi connectivity index (χ1v) is 8.71. The molecular weight excluding hydrogens is 359 g/mol. The number of benzene rings is 1. The molecule has 142 valence electrons. The largest absolute Gasteiger partial charge is 0.369 e. The molecule has 3 rings (SSSR count). The molecule has 2 saturated heterocycles. The van der Waals surface area contributed by atoms with Crippen LogP contribution < -0.4 is 15.5 Å². The van der Waals surface area contributed by atoms with Gasteiger partial charge in [-0.3, -0.25) is 9.69 Å². The third-order valence-electron chi connectivity index (χ3n) is 4.96. The predicted molar refractivity (Wildman–Crippen MR) is 109 cm³/mol. The van der Waals surface area contributed by atoms with Crippen molar-refractivity contribution in [2.45, 2.75) is 19.9 Å². The first-order valence-electron chi connectivity index (χ1n) is 8.71. The summed E-state index contributed by atoms with van der Waals surface area (Å²) < 4.78 is 0. The average Bonchev–Trinajstić information content (AvgIpc) is 2.53. The number of nitrogens with one attached hydrogen (secondary N) is 2. The monoisotopic (exact) mass is 388 g/mol. The van der Waals surface area contributed by atoms with Crippen molar-refractivity contribution >= 4 is 36.4 Å². The summed E-state index contributed by atoms with van der Waals surface area (Å²) in [5.74, 6) is 0.628. The highest BCUT2D eigenvalue weighted by Crippen LogP contribution is 2.18. The van der Waals surface area contributed by atoms with Crippen LogP contribution in [0.1, 0.15) is 24.2 Å². The summed E-state index contributed by atoms with van der Waals surface area (Å²) in [5.41, 5.74) is 1.97. The van der Waals surface area contributed by atoms with Crippen molar-refractivity contribution in [2.75, 3.05) is 50.7 Å². The first kappa shape index (κ1) is 22.0. The van der Waals surface area contributed by atoms with Gasteiger partial charge in [0.05, 0.1) is 0 Å². The summed E-state index contributed by atoms with van der Waals surface area (Å²) in [7, 11) is 0. The van der Waals surface area contributed by atoms with E-state index in [9.17, 15) is 4.79 Å². The molecule has 2 fully saturated rings. The van der Waals surface area contributed by atoms with Crippen molar-refractivity contribution in [2.24, 2.45) is 5.92 Å². The average molecular weight is 389 g/mol. The highest BCUT2D eigenvalue weighted by atomic mass is 35.5. The number of halogens is 2. The van der Waals surface area contributed by atoms with Gasteiger partial charge < -0.3 is 15.5 Å². The molecule has 0 bridgehead atoms. The van der Waals surface area contributed by atoms with Crippen molar-refractivity contribution in [1.82, 2.24) is 15.5 Å². The van der Waals surface area contributed by atoms with E-state index in [0.717, 1.165) is 51.4 Å². The van der Waals surface area contributed by atoms with Crippen molar-refractivity contribution < 1.29 is 4.79 Å². The second-order valence-electron chi connectivity index (χ2n) is 6.90. The highest BCUT2D eigenvalue weighted by molar-refractivity contribution is 5.94. The fourth-order valence-corrected chi connectivity index (χ4v) is 3.15. The van der Waals surface area contributed by atoms with Crippen LogP contribution in [0.2, 0.25) is 0 Å². The third-order valence-corrected chi connectivity index (χ3v) is 4.96. The van der Waals surface area contributed by atoms with Crippen molar-refractivity contribution in [3.05, 3.63) is 29.8 Å². The van der Waals surface area contributed by atoms with E-state index in [4.69, 9.17) is 0 Å². The van der Waals surface area contributed by atoms with Crippen LogP contribution in [0.15, 0.2) is 24.3 Å². The van der Waals surface area contributed by atoms with Gasteiger partial charge >= 0.3 is 0 Å². The zero-order valence-corrected chi connectivity index (χ0v) is 16.7. The Morgan fingerprint density at radius 2 is 1.72 bits per heavy atom. The topological polar surface area (TPSA) is 47.6 Å². The van der Waals surface area contributed by atoms with Gasteiger partial charge in [-0.15, -0.1) is 24.8 Å². The SMILES string of the molecule is CC(C)N1CCN(c2ccc(C(=O)NCC3CNC3)cc2)CC1.Cl.Cl. The molecule has 25 heavy (non-hydrogen) atoms.